The van der Waals surface area contributed by atoms with Crippen molar-refractivity contribution in [1.29, 1.82) is 0 Å². The largest absolute Gasteiger partial charge is 0.394 e. The van der Waals surface area contributed by atoms with E-state index in [2.05, 4.69) is 31.3 Å². The molecule has 4 heteroatoms. The zero-order valence-electron chi connectivity index (χ0n) is 25.4. The predicted molar refractivity (Wildman–Crippen MR) is 165 cm³/mol. The molecular formula is C34H65NO3. The summed E-state index contributed by atoms with van der Waals surface area (Å²) in [5.74, 6) is -0.0770. The molecule has 0 aliphatic rings. The van der Waals surface area contributed by atoms with E-state index in [1.807, 2.05) is 6.08 Å². The van der Waals surface area contributed by atoms with Gasteiger partial charge in [-0.3, -0.25) is 4.79 Å². The number of allylic oxidation sites excluding steroid dienone is 3. The van der Waals surface area contributed by atoms with Crippen LogP contribution in [-0.4, -0.2) is 34.9 Å². The van der Waals surface area contributed by atoms with Gasteiger partial charge in [-0.05, 0) is 32.1 Å². The summed E-state index contributed by atoms with van der Waals surface area (Å²) in [4.78, 5) is 12.2. The van der Waals surface area contributed by atoms with Crippen molar-refractivity contribution in [2.24, 2.45) is 0 Å². The number of amides is 1. The number of hydrogen-bond acceptors (Lipinski definition) is 3. The van der Waals surface area contributed by atoms with Gasteiger partial charge in [0.25, 0.3) is 0 Å². The quantitative estimate of drug-likeness (QED) is 0.0660. The Labute approximate surface area is 237 Å². The van der Waals surface area contributed by atoms with E-state index in [0.717, 1.165) is 32.1 Å². The van der Waals surface area contributed by atoms with Gasteiger partial charge in [-0.1, -0.05) is 154 Å². The predicted octanol–water partition coefficient (Wildman–Crippen LogP) is 9.34. The minimum atomic E-state index is -0.854. The van der Waals surface area contributed by atoms with Crippen LogP contribution in [0.2, 0.25) is 0 Å². The van der Waals surface area contributed by atoms with Crippen molar-refractivity contribution >= 4 is 5.91 Å². The van der Waals surface area contributed by atoms with E-state index in [-0.39, 0.29) is 12.5 Å². The molecule has 0 bridgehead atoms. The van der Waals surface area contributed by atoms with Gasteiger partial charge in [-0.2, -0.15) is 0 Å². The summed E-state index contributed by atoms with van der Waals surface area (Å²) < 4.78 is 0. The Kier molecular flexibility index (Phi) is 29.5. The van der Waals surface area contributed by atoms with E-state index in [4.69, 9.17) is 0 Å². The van der Waals surface area contributed by atoms with Gasteiger partial charge in [0.1, 0.15) is 0 Å². The van der Waals surface area contributed by atoms with E-state index in [1.165, 1.54) is 116 Å². The van der Waals surface area contributed by atoms with E-state index in [9.17, 15) is 15.0 Å². The van der Waals surface area contributed by atoms with Gasteiger partial charge >= 0.3 is 0 Å². The average molecular weight is 536 g/mol. The minimum absolute atomic E-state index is 0.0770. The molecule has 0 saturated heterocycles. The second-order valence-electron chi connectivity index (χ2n) is 11.2. The first kappa shape index (κ1) is 36.9. The van der Waals surface area contributed by atoms with E-state index < -0.39 is 12.1 Å². The lowest BCUT2D eigenvalue weighted by molar-refractivity contribution is -0.123. The Bertz CT molecular complexity index is 546. The molecule has 0 fully saturated rings. The van der Waals surface area contributed by atoms with Crippen LogP contribution in [0.15, 0.2) is 24.3 Å². The van der Waals surface area contributed by atoms with Gasteiger partial charge in [-0.25, -0.2) is 0 Å². The van der Waals surface area contributed by atoms with Crippen molar-refractivity contribution in [2.45, 2.75) is 180 Å². The van der Waals surface area contributed by atoms with Crippen LogP contribution >= 0.6 is 0 Å². The number of unbranched alkanes of at least 4 members (excludes halogenated alkanes) is 20. The van der Waals surface area contributed by atoms with Crippen LogP contribution in [0, 0.1) is 0 Å². The van der Waals surface area contributed by atoms with Crippen LogP contribution in [-0.2, 0) is 4.79 Å². The summed E-state index contributed by atoms with van der Waals surface area (Å²) in [6.07, 6.45) is 36.8. The molecule has 0 aromatic heterocycles. The number of rotatable bonds is 29. The van der Waals surface area contributed by atoms with Crippen LogP contribution in [0.1, 0.15) is 168 Å². The topological polar surface area (TPSA) is 69.6 Å². The van der Waals surface area contributed by atoms with Gasteiger partial charge in [0.05, 0.1) is 18.8 Å². The van der Waals surface area contributed by atoms with Gasteiger partial charge in [0.2, 0.25) is 5.91 Å². The van der Waals surface area contributed by atoms with Crippen molar-refractivity contribution in [1.82, 2.24) is 5.32 Å². The third kappa shape index (κ3) is 26.5. The molecule has 0 saturated carbocycles. The van der Waals surface area contributed by atoms with Gasteiger partial charge in [0, 0.05) is 6.42 Å². The molecule has 224 valence electrons. The highest BCUT2D eigenvalue weighted by atomic mass is 16.3. The molecule has 0 aliphatic heterocycles. The first-order chi connectivity index (χ1) is 18.7. The Balaban J connectivity index is 3.71. The second kappa shape index (κ2) is 30.4. The normalized spacial score (nSPS) is 13.5. The maximum atomic E-state index is 12.2. The first-order valence-electron chi connectivity index (χ1n) is 16.6. The van der Waals surface area contributed by atoms with Gasteiger partial charge < -0.3 is 15.5 Å². The van der Waals surface area contributed by atoms with Crippen LogP contribution in [0.3, 0.4) is 0 Å². The van der Waals surface area contributed by atoms with Gasteiger partial charge in [-0.15, -0.1) is 0 Å². The van der Waals surface area contributed by atoms with Crippen molar-refractivity contribution < 1.29 is 15.0 Å². The highest BCUT2D eigenvalue weighted by molar-refractivity contribution is 5.76. The maximum Gasteiger partial charge on any atom is 0.220 e. The average Bonchev–Trinajstić information content (AvgIpc) is 2.92. The molecule has 2 unspecified atom stereocenters. The van der Waals surface area contributed by atoms with Gasteiger partial charge in [0.15, 0.2) is 0 Å². The molecule has 0 heterocycles. The molecular weight excluding hydrogens is 470 g/mol. The summed E-state index contributed by atoms with van der Waals surface area (Å²) in [5, 5.41) is 22.8. The smallest absolute Gasteiger partial charge is 0.220 e. The number of carbonyl (C=O) groups excluding carboxylic acids is 1. The number of hydrogen-bond donors (Lipinski definition) is 3. The number of aliphatic hydroxyl groups excluding tert-OH is 2. The summed E-state index contributed by atoms with van der Waals surface area (Å²) in [7, 11) is 0. The monoisotopic (exact) mass is 535 g/mol. The lowest BCUT2D eigenvalue weighted by Crippen LogP contribution is -2.45. The fourth-order valence-electron chi connectivity index (χ4n) is 4.84. The molecule has 0 radical (unpaired) electrons. The van der Waals surface area contributed by atoms with Crippen molar-refractivity contribution in [3.8, 4) is 0 Å². The van der Waals surface area contributed by atoms with Crippen LogP contribution in [0.4, 0.5) is 0 Å². The zero-order chi connectivity index (χ0) is 27.9. The van der Waals surface area contributed by atoms with Crippen molar-refractivity contribution in [3.05, 3.63) is 24.3 Å². The molecule has 0 aromatic rings. The fraction of sp³-hybridized carbons (Fsp3) is 0.853. The van der Waals surface area contributed by atoms with E-state index >= 15 is 0 Å². The maximum absolute atomic E-state index is 12.2. The number of nitrogens with one attached hydrogen (secondary N) is 1. The summed E-state index contributed by atoms with van der Waals surface area (Å²) >= 11 is 0. The molecule has 0 spiro atoms. The third-order valence-corrected chi connectivity index (χ3v) is 7.44. The standard InChI is InChI=1S/C34H65NO3/c1-3-5-7-9-11-13-15-16-17-18-20-21-23-25-27-29-33(37)32(31-36)35-34(38)30-28-26-24-22-19-14-12-10-8-6-4-2/h20-21,27,29,32-33,36-37H,3-19,22-26,28,30-31H2,1-2H3,(H,35,38). The van der Waals surface area contributed by atoms with Crippen molar-refractivity contribution in [3.63, 3.8) is 0 Å². The lowest BCUT2D eigenvalue weighted by atomic mass is 10.0. The Morgan fingerprint density at radius 1 is 0.605 bits per heavy atom. The Morgan fingerprint density at radius 3 is 1.53 bits per heavy atom. The van der Waals surface area contributed by atoms with E-state index in [0.29, 0.717) is 6.42 Å². The highest BCUT2D eigenvalue weighted by Crippen LogP contribution is 2.13. The summed E-state index contributed by atoms with van der Waals surface area (Å²) in [6.45, 7) is 4.26. The second-order valence-corrected chi connectivity index (χ2v) is 11.2. The molecule has 0 rings (SSSR count). The summed E-state index contributed by atoms with van der Waals surface area (Å²) in [5.41, 5.74) is 0. The molecule has 1 amide bonds. The fourth-order valence-corrected chi connectivity index (χ4v) is 4.84. The van der Waals surface area contributed by atoms with Crippen LogP contribution in [0.25, 0.3) is 0 Å². The molecule has 38 heavy (non-hydrogen) atoms. The molecule has 0 aromatic carbocycles. The lowest BCUT2D eigenvalue weighted by Gasteiger charge is -2.19. The number of aliphatic hydroxyl groups is 2. The SMILES string of the molecule is CCCCCCCCCCCC=CCCC=CC(O)C(CO)NC(=O)CCCCCCCCCCCCC. The van der Waals surface area contributed by atoms with Crippen LogP contribution in [0.5, 0.6) is 0 Å². The van der Waals surface area contributed by atoms with Crippen LogP contribution < -0.4 is 5.32 Å². The minimum Gasteiger partial charge on any atom is -0.394 e. The van der Waals surface area contributed by atoms with E-state index in [1.54, 1.807) is 6.08 Å². The molecule has 0 aliphatic carbocycles. The molecule has 4 nitrogen and oxygen atoms in total. The summed E-state index contributed by atoms with van der Waals surface area (Å²) in [6, 6.07) is -0.631. The molecule has 2 atom stereocenters. The Hall–Kier alpha value is -1.13. The number of carbonyl (C=O) groups is 1. The Morgan fingerprint density at radius 2 is 1.03 bits per heavy atom. The van der Waals surface area contributed by atoms with Crippen molar-refractivity contribution in [2.75, 3.05) is 6.61 Å². The highest BCUT2D eigenvalue weighted by Gasteiger charge is 2.17. The molecule has 3 N–H and O–H groups in total. The third-order valence-electron chi connectivity index (χ3n) is 7.44. The zero-order valence-corrected chi connectivity index (χ0v) is 25.4. The first-order valence-corrected chi connectivity index (χ1v) is 16.6.